The second kappa shape index (κ2) is 5.15. The standard InChI is InChI=1S/C14H21NS/c1-3-14(2,11-15-12-6-7-12)9-8-13-5-4-10-16-13/h3-5,10,12,15H,1,6-9,11H2,2H3. The van der Waals surface area contributed by atoms with Gasteiger partial charge in [-0.3, -0.25) is 0 Å². The number of rotatable bonds is 7. The summed E-state index contributed by atoms with van der Waals surface area (Å²) in [6.07, 6.45) is 7.20. The van der Waals surface area contributed by atoms with Crippen molar-refractivity contribution >= 4 is 11.3 Å². The van der Waals surface area contributed by atoms with Gasteiger partial charge in [0.25, 0.3) is 0 Å². The van der Waals surface area contributed by atoms with Crippen LogP contribution in [0.25, 0.3) is 0 Å². The highest BCUT2D eigenvalue weighted by Gasteiger charge is 2.26. The van der Waals surface area contributed by atoms with Gasteiger partial charge >= 0.3 is 0 Å². The van der Waals surface area contributed by atoms with E-state index in [2.05, 4.69) is 42.4 Å². The first-order valence-electron chi connectivity index (χ1n) is 6.11. The van der Waals surface area contributed by atoms with Crippen LogP contribution in [0, 0.1) is 5.41 Å². The first-order chi connectivity index (χ1) is 7.72. The molecule has 0 saturated heterocycles. The zero-order valence-electron chi connectivity index (χ0n) is 10.0. The summed E-state index contributed by atoms with van der Waals surface area (Å²) in [5.74, 6) is 0. The lowest BCUT2D eigenvalue weighted by molar-refractivity contribution is 0.364. The van der Waals surface area contributed by atoms with Gasteiger partial charge in [-0.05, 0) is 42.5 Å². The normalized spacial score (nSPS) is 19.3. The number of thiophene rings is 1. The van der Waals surface area contributed by atoms with Crippen molar-refractivity contribution in [1.82, 2.24) is 5.32 Å². The Labute approximate surface area is 103 Å². The van der Waals surface area contributed by atoms with E-state index in [4.69, 9.17) is 0 Å². The van der Waals surface area contributed by atoms with E-state index in [1.807, 2.05) is 11.3 Å². The third-order valence-corrected chi connectivity index (χ3v) is 4.32. The van der Waals surface area contributed by atoms with Crippen LogP contribution < -0.4 is 5.32 Å². The molecule has 1 saturated carbocycles. The van der Waals surface area contributed by atoms with Crippen molar-refractivity contribution in [3.05, 3.63) is 35.0 Å². The minimum atomic E-state index is 0.243. The molecule has 1 aromatic rings. The van der Waals surface area contributed by atoms with Crippen LogP contribution in [0.4, 0.5) is 0 Å². The van der Waals surface area contributed by atoms with Crippen molar-refractivity contribution in [1.29, 1.82) is 0 Å². The molecule has 1 unspecified atom stereocenters. The largest absolute Gasteiger partial charge is 0.313 e. The Bertz CT molecular complexity index is 327. The number of hydrogen-bond acceptors (Lipinski definition) is 2. The van der Waals surface area contributed by atoms with Gasteiger partial charge in [0, 0.05) is 17.5 Å². The highest BCUT2D eigenvalue weighted by molar-refractivity contribution is 7.09. The molecule has 1 heterocycles. The van der Waals surface area contributed by atoms with E-state index in [9.17, 15) is 0 Å². The van der Waals surface area contributed by atoms with Crippen molar-refractivity contribution in [3.8, 4) is 0 Å². The summed E-state index contributed by atoms with van der Waals surface area (Å²) in [5.41, 5.74) is 0.243. The second-order valence-corrected chi connectivity index (χ2v) is 6.12. The van der Waals surface area contributed by atoms with Crippen molar-refractivity contribution in [2.24, 2.45) is 5.41 Å². The van der Waals surface area contributed by atoms with Crippen LogP contribution in [-0.4, -0.2) is 12.6 Å². The molecule has 1 N–H and O–H groups in total. The molecule has 1 nitrogen and oxygen atoms in total. The average Bonchev–Trinajstić information content (AvgIpc) is 2.99. The van der Waals surface area contributed by atoms with E-state index >= 15 is 0 Å². The van der Waals surface area contributed by atoms with Crippen molar-refractivity contribution in [2.75, 3.05) is 6.54 Å². The molecule has 0 amide bonds. The maximum atomic E-state index is 3.99. The molecular formula is C14H21NS. The minimum absolute atomic E-state index is 0.243. The van der Waals surface area contributed by atoms with Gasteiger partial charge in [0.2, 0.25) is 0 Å². The predicted molar refractivity (Wildman–Crippen MR) is 72.0 cm³/mol. The van der Waals surface area contributed by atoms with Crippen LogP contribution in [0.2, 0.25) is 0 Å². The number of aryl methyl sites for hydroxylation is 1. The average molecular weight is 235 g/mol. The molecule has 2 heteroatoms. The third kappa shape index (κ3) is 3.46. The molecule has 1 fully saturated rings. The molecule has 1 aromatic heterocycles. The summed E-state index contributed by atoms with van der Waals surface area (Å²) in [7, 11) is 0. The topological polar surface area (TPSA) is 12.0 Å². The van der Waals surface area contributed by atoms with Crippen LogP contribution in [0.1, 0.15) is 31.1 Å². The van der Waals surface area contributed by atoms with Gasteiger partial charge in [-0.1, -0.05) is 19.1 Å². The fourth-order valence-corrected chi connectivity index (χ4v) is 2.50. The van der Waals surface area contributed by atoms with Gasteiger partial charge in [0.05, 0.1) is 0 Å². The number of hydrogen-bond donors (Lipinski definition) is 1. The Morgan fingerprint density at radius 3 is 3.00 bits per heavy atom. The fourth-order valence-electron chi connectivity index (χ4n) is 1.79. The van der Waals surface area contributed by atoms with Crippen molar-refractivity contribution < 1.29 is 0 Å². The smallest absolute Gasteiger partial charge is 0.00685 e. The lowest BCUT2D eigenvalue weighted by Gasteiger charge is -2.26. The van der Waals surface area contributed by atoms with Crippen LogP contribution in [0.15, 0.2) is 30.2 Å². The monoisotopic (exact) mass is 235 g/mol. The minimum Gasteiger partial charge on any atom is -0.313 e. The molecule has 0 bridgehead atoms. The zero-order valence-corrected chi connectivity index (χ0v) is 10.9. The summed E-state index contributed by atoms with van der Waals surface area (Å²) in [4.78, 5) is 1.49. The van der Waals surface area contributed by atoms with Gasteiger partial charge in [-0.2, -0.15) is 0 Å². The molecule has 2 rings (SSSR count). The molecule has 0 aromatic carbocycles. The molecule has 88 valence electrons. The zero-order chi connectivity index (χ0) is 11.4. The van der Waals surface area contributed by atoms with Crippen molar-refractivity contribution in [3.63, 3.8) is 0 Å². The SMILES string of the molecule is C=CC(C)(CCc1cccs1)CNC1CC1. The second-order valence-electron chi connectivity index (χ2n) is 5.09. The van der Waals surface area contributed by atoms with Crippen LogP contribution in [-0.2, 0) is 6.42 Å². The van der Waals surface area contributed by atoms with E-state index in [0.29, 0.717) is 0 Å². The molecule has 16 heavy (non-hydrogen) atoms. The molecule has 0 aliphatic heterocycles. The molecule has 1 aliphatic carbocycles. The Hall–Kier alpha value is -0.600. The Balaban J connectivity index is 1.80. The van der Waals surface area contributed by atoms with Crippen molar-refractivity contribution in [2.45, 2.75) is 38.6 Å². The Morgan fingerprint density at radius 2 is 2.44 bits per heavy atom. The van der Waals surface area contributed by atoms with Gasteiger partial charge in [0.15, 0.2) is 0 Å². The highest BCUT2D eigenvalue weighted by Crippen LogP contribution is 2.27. The van der Waals surface area contributed by atoms with E-state index in [-0.39, 0.29) is 5.41 Å². The lowest BCUT2D eigenvalue weighted by atomic mass is 9.85. The van der Waals surface area contributed by atoms with Crippen LogP contribution in [0.5, 0.6) is 0 Å². The van der Waals surface area contributed by atoms with Gasteiger partial charge in [-0.25, -0.2) is 0 Å². The molecule has 1 atom stereocenters. The predicted octanol–water partition coefficient (Wildman–Crippen LogP) is 3.63. The van der Waals surface area contributed by atoms with E-state index in [0.717, 1.165) is 12.6 Å². The van der Waals surface area contributed by atoms with E-state index < -0.39 is 0 Å². The van der Waals surface area contributed by atoms with Crippen LogP contribution in [0.3, 0.4) is 0 Å². The summed E-state index contributed by atoms with van der Waals surface area (Å²) >= 11 is 1.86. The van der Waals surface area contributed by atoms with Gasteiger partial charge in [0.1, 0.15) is 0 Å². The Morgan fingerprint density at radius 1 is 1.62 bits per heavy atom. The highest BCUT2D eigenvalue weighted by atomic mass is 32.1. The third-order valence-electron chi connectivity index (χ3n) is 3.39. The first-order valence-corrected chi connectivity index (χ1v) is 6.99. The van der Waals surface area contributed by atoms with Crippen LogP contribution >= 0.6 is 11.3 Å². The summed E-state index contributed by atoms with van der Waals surface area (Å²) in [6.45, 7) is 7.38. The number of nitrogens with one attached hydrogen (secondary N) is 1. The summed E-state index contributed by atoms with van der Waals surface area (Å²) in [5, 5.41) is 5.77. The maximum Gasteiger partial charge on any atom is 0.00685 e. The van der Waals surface area contributed by atoms with Gasteiger partial charge < -0.3 is 5.32 Å². The van der Waals surface area contributed by atoms with Gasteiger partial charge in [-0.15, -0.1) is 17.9 Å². The maximum absolute atomic E-state index is 3.99. The molecule has 1 aliphatic rings. The van der Waals surface area contributed by atoms with E-state index in [1.54, 1.807) is 0 Å². The summed E-state index contributed by atoms with van der Waals surface area (Å²) in [6, 6.07) is 5.15. The molecule has 0 radical (unpaired) electrons. The quantitative estimate of drug-likeness (QED) is 0.712. The van der Waals surface area contributed by atoms with E-state index in [1.165, 1.54) is 30.6 Å². The lowest BCUT2D eigenvalue weighted by Crippen LogP contribution is -2.32. The Kier molecular flexibility index (Phi) is 3.82. The first kappa shape index (κ1) is 11.9. The summed E-state index contributed by atoms with van der Waals surface area (Å²) < 4.78 is 0. The molecule has 0 spiro atoms. The fraction of sp³-hybridized carbons (Fsp3) is 0.571. The molecular weight excluding hydrogens is 214 g/mol.